The van der Waals surface area contributed by atoms with Gasteiger partial charge < -0.3 is 10.1 Å². The van der Waals surface area contributed by atoms with Gasteiger partial charge in [-0.15, -0.1) is 0 Å². The highest BCUT2D eigenvalue weighted by Crippen LogP contribution is 2.28. The molecular weight excluding hydrogens is 388 g/mol. The Hall–Kier alpha value is -3.40. The molecule has 0 bridgehead atoms. The number of rotatable bonds is 7. The van der Waals surface area contributed by atoms with E-state index in [1.165, 1.54) is 22.9 Å². The molecule has 2 aromatic heterocycles. The van der Waals surface area contributed by atoms with Crippen LogP contribution in [0.1, 0.15) is 21.7 Å². The van der Waals surface area contributed by atoms with Crippen LogP contribution in [0.3, 0.4) is 0 Å². The van der Waals surface area contributed by atoms with Crippen molar-refractivity contribution in [3.63, 3.8) is 0 Å². The molecule has 0 saturated heterocycles. The maximum Gasteiger partial charge on any atom is 0.272 e. The number of aryl methyl sites for hydroxylation is 2. The molecule has 0 radical (unpaired) electrons. The van der Waals surface area contributed by atoms with Gasteiger partial charge in [-0.25, -0.2) is 4.68 Å². The summed E-state index contributed by atoms with van der Waals surface area (Å²) in [5.74, 6) is -0.0452. The van der Waals surface area contributed by atoms with Gasteiger partial charge in [0.25, 0.3) is 11.6 Å². The molecule has 0 spiro atoms. The maximum atomic E-state index is 12.2. The van der Waals surface area contributed by atoms with Crippen molar-refractivity contribution < 1.29 is 14.5 Å². The first kappa shape index (κ1) is 19.4. The van der Waals surface area contributed by atoms with Gasteiger partial charge in [0.1, 0.15) is 11.4 Å². The molecule has 0 fully saturated rings. The molecule has 3 rings (SSSR count). The highest BCUT2D eigenvalue weighted by Gasteiger charge is 2.13. The first-order valence-corrected chi connectivity index (χ1v) is 8.59. The van der Waals surface area contributed by atoms with Crippen molar-refractivity contribution in [2.45, 2.75) is 20.2 Å². The van der Waals surface area contributed by atoms with Gasteiger partial charge in [0.15, 0.2) is 6.73 Å². The van der Waals surface area contributed by atoms with E-state index in [1.54, 1.807) is 16.9 Å². The van der Waals surface area contributed by atoms with Gasteiger partial charge in [-0.05, 0) is 19.1 Å². The predicted octanol–water partition coefficient (Wildman–Crippen LogP) is 2.45. The zero-order chi connectivity index (χ0) is 20.3. The molecule has 11 heteroatoms. The van der Waals surface area contributed by atoms with Crippen LogP contribution in [0.4, 0.5) is 5.69 Å². The van der Waals surface area contributed by atoms with Gasteiger partial charge in [-0.2, -0.15) is 10.2 Å². The third kappa shape index (κ3) is 4.46. The molecule has 0 unspecified atom stereocenters. The van der Waals surface area contributed by atoms with Crippen LogP contribution in [-0.2, 0) is 20.3 Å². The summed E-state index contributed by atoms with van der Waals surface area (Å²) in [5, 5.41) is 22.0. The highest BCUT2D eigenvalue weighted by molar-refractivity contribution is 6.32. The lowest BCUT2D eigenvalue weighted by atomic mass is 10.2. The molecule has 1 aromatic carbocycles. The Labute approximate surface area is 164 Å². The molecule has 0 atom stereocenters. The molecule has 2 heterocycles. The number of nitrogens with one attached hydrogen (secondary N) is 1. The van der Waals surface area contributed by atoms with Crippen LogP contribution in [-0.4, -0.2) is 30.4 Å². The Kier molecular flexibility index (Phi) is 5.59. The molecule has 0 saturated carbocycles. The van der Waals surface area contributed by atoms with Crippen LogP contribution < -0.4 is 10.1 Å². The number of aromatic nitrogens is 4. The minimum absolute atomic E-state index is 0.00742. The SMILES string of the molecule is Cc1nn(C)cc1CNC(=O)c1ccn(COc2ccc([N+](=O)[O-])cc2Cl)n1. The van der Waals surface area contributed by atoms with Crippen LogP contribution >= 0.6 is 11.6 Å². The monoisotopic (exact) mass is 404 g/mol. The normalized spacial score (nSPS) is 10.7. The molecule has 0 aliphatic rings. The Balaban J connectivity index is 1.57. The number of nitro benzene ring substituents is 1. The van der Waals surface area contributed by atoms with Gasteiger partial charge in [-0.1, -0.05) is 11.6 Å². The molecule has 3 aromatic rings. The van der Waals surface area contributed by atoms with Crippen molar-refractivity contribution in [3.05, 3.63) is 68.7 Å². The Morgan fingerprint density at radius 2 is 2.14 bits per heavy atom. The smallest absolute Gasteiger partial charge is 0.272 e. The minimum atomic E-state index is -0.541. The van der Waals surface area contributed by atoms with E-state index in [0.717, 1.165) is 11.3 Å². The quantitative estimate of drug-likeness (QED) is 0.477. The lowest BCUT2D eigenvalue weighted by Crippen LogP contribution is -2.23. The van der Waals surface area contributed by atoms with Crippen LogP contribution in [0.15, 0.2) is 36.7 Å². The van der Waals surface area contributed by atoms with Crippen molar-refractivity contribution in [1.82, 2.24) is 24.9 Å². The van der Waals surface area contributed by atoms with Crippen LogP contribution in [0, 0.1) is 17.0 Å². The molecule has 0 aliphatic carbocycles. The first-order chi connectivity index (χ1) is 13.3. The third-order valence-electron chi connectivity index (χ3n) is 3.91. The van der Waals surface area contributed by atoms with Crippen molar-refractivity contribution in [1.29, 1.82) is 0 Å². The molecule has 146 valence electrons. The number of nitrogens with zero attached hydrogens (tertiary/aromatic N) is 5. The van der Waals surface area contributed by atoms with Crippen LogP contribution in [0.25, 0.3) is 0 Å². The van der Waals surface area contributed by atoms with E-state index in [2.05, 4.69) is 15.5 Å². The van der Waals surface area contributed by atoms with Gasteiger partial charge in [0, 0.05) is 43.7 Å². The Morgan fingerprint density at radius 1 is 1.36 bits per heavy atom. The summed E-state index contributed by atoms with van der Waals surface area (Å²) in [6.45, 7) is 2.21. The predicted molar refractivity (Wildman–Crippen MR) is 100 cm³/mol. The third-order valence-corrected chi connectivity index (χ3v) is 4.20. The van der Waals surface area contributed by atoms with Crippen molar-refractivity contribution in [2.75, 3.05) is 0 Å². The number of hydrogen-bond donors (Lipinski definition) is 1. The summed E-state index contributed by atoms with van der Waals surface area (Å²) >= 11 is 5.98. The second kappa shape index (κ2) is 8.09. The lowest BCUT2D eigenvalue weighted by Gasteiger charge is -2.07. The van der Waals surface area contributed by atoms with Crippen LogP contribution in [0.2, 0.25) is 5.02 Å². The summed E-state index contributed by atoms with van der Waals surface area (Å²) < 4.78 is 8.61. The summed E-state index contributed by atoms with van der Waals surface area (Å²) in [7, 11) is 1.82. The summed E-state index contributed by atoms with van der Waals surface area (Å²) in [4.78, 5) is 22.4. The molecule has 10 nitrogen and oxygen atoms in total. The average molecular weight is 405 g/mol. The van der Waals surface area contributed by atoms with Gasteiger partial charge >= 0.3 is 0 Å². The van der Waals surface area contributed by atoms with Gasteiger partial charge in [-0.3, -0.25) is 19.6 Å². The lowest BCUT2D eigenvalue weighted by molar-refractivity contribution is -0.384. The molecule has 28 heavy (non-hydrogen) atoms. The number of carbonyl (C=O) groups is 1. The van der Waals surface area contributed by atoms with Crippen molar-refractivity contribution in [2.24, 2.45) is 7.05 Å². The Morgan fingerprint density at radius 3 is 2.79 bits per heavy atom. The number of halogens is 1. The summed E-state index contributed by atoms with van der Waals surface area (Å²) in [5.41, 5.74) is 1.88. The van der Waals surface area contributed by atoms with E-state index in [1.807, 2.05) is 20.2 Å². The molecule has 1 N–H and O–H groups in total. The van der Waals surface area contributed by atoms with Gasteiger partial charge in [0.2, 0.25) is 0 Å². The number of amides is 1. The zero-order valence-electron chi connectivity index (χ0n) is 15.1. The fraction of sp³-hybridized carbons (Fsp3) is 0.235. The van der Waals surface area contributed by atoms with Crippen LogP contribution in [0.5, 0.6) is 5.75 Å². The van der Waals surface area contributed by atoms with E-state index < -0.39 is 4.92 Å². The minimum Gasteiger partial charge on any atom is -0.470 e. The fourth-order valence-corrected chi connectivity index (χ4v) is 2.73. The summed E-state index contributed by atoms with van der Waals surface area (Å²) in [6.07, 6.45) is 3.43. The largest absolute Gasteiger partial charge is 0.470 e. The molecule has 1 amide bonds. The number of carbonyl (C=O) groups excluding carboxylic acids is 1. The zero-order valence-corrected chi connectivity index (χ0v) is 15.9. The number of ether oxygens (including phenoxy) is 1. The van der Waals surface area contributed by atoms with Crippen molar-refractivity contribution in [3.8, 4) is 5.75 Å². The van der Waals surface area contributed by atoms with E-state index in [0.29, 0.717) is 6.54 Å². The van der Waals surface area contributed by atoms with Gasteiger partial charge in [0.05, 0.1) is 15.6 Å². The maximum absolute atomic E-state index is 12.2. The molecular formula is C17H17ClN6O4. The number of hydrogen-bond acceptors (Lipinski definition) is 6. The second-order valence-electron chi connectivity index (χ2n) is 5.98. The first-order valence-electron chi connectivity index (χ1n) is 8.21. The van der Waals surface area contributed by atoms with E-state index in [9.17, 15) is 14.9 Å². The number of non-ortho nitro benzene ring substituents is 1. The topological polar surface area (TPSA) is 117 Å². The fourth-order valence-electron chi connectivity index (χ4n) is 2.50. The number of nitro groups is 1. The van der Waals surface area contributed by atoms with E-state index >= 15 is 0 Å². The second-order valence-corrected chi connectivity index (χ2v) is 6.39. The average Bonchev–Trinajstić information content (AvgIpc) is 3.24. The highest BCUT2D eigenvalue weighted by atomic mass is 35.5. The standard InChI is InChI=1S/C17H17ClN6O4/c1-11-12(9-22(2)20-11)8-19-17(25)15-5-6-23(21-15)10-28-16-4-3-13(24(26)27)7-14(16)18/h3-7,9H,8,10H2,1-2H3,(H,19,25). The Bertz CT molecular complexity index is 1030. The molecule has 0 aliphatic heterocycles. The summed E-state index contributed by atoms with van der Waals surface area (Å²) in [6, 6.07) is 5.48. The van der Waals surface area contributed by atoms with E-state index in [4.69, 9.17) is 16.3 Å². The number of benzene rings is 1. The van der Waals surface area contributed by atoms with E-state index in [-0.39, 0.29) is 34.8 Å². The van der Waals surface area contributed by atoms with Crippen molar-refractivity contribution >= 4 is 23.2 Å².